The molecule has 8 heteroatoms. The van der Waals surface area contributed by atoms with Gasteiger partial charge in [-0.15, -0.1) is 0 Å². The van der Waals surface area contributed by atoms with E-state index in [1.807, 2.05) is 18.3 Å². The van der Waals surface area contributed by atoms with E-state index in [1.54, 1.807) is 7.11 Å². The lowest BCUT2D eigenvalue weighted by molar-refractivity contribution is -0.118. The van der Waals surface area contributed by atoms with Gasteiger partial charge in [0.2, 0.25) is 5.91 Å². The number of amides is 1. The number of hydrogen-bond acceptors (Lipinski definition) is 6. The van der Waals surface area contributed by atoms with Crippen molar-refractivity contribution in [3.05, 3.63) is 35.0 Å². The van der Waals surface area contributed by atoms with E-state index in [1.165, 1.54) is 5.56 Å². The molecule has 6 rings (SSSR count). The number of halogens is 1. The zero-order valence-electron chi connectivity index (χ0n) is 20.3. The zero-order valence-corrected chi connectivity index (χ0v) is 21.1. The number of carbonyl (C=O) groups excluding carboxylic acids is 1. The molecule has 1 N–H and O–H groups in total. The summed E-state index contributed by atoms with van der Waals surface area (Å²) in [7, 11) is 1.77. The van der Waals surface area contributed by atoms with Crippen LogP contribution >= 0.6 is 11.6 Å². The van der Waals surface area contributed by atoms with Crippen molar-refractivity contribution in [1.82, 2.24) is 9.88 Å². The van der Waals surface area contributed by atoms with Crippen LogP contribution in [0, 0.1) is 11.3 Å². The van der Waals surface area contributed by atoms with Crippen molar-refractivity contribution in [2.75, 3.05) is 51.9 Å². The summed E-state index contributed by atoms with van der Waals surface area (Å²) in [5.74, 6) is 1.20. The summed E-state index contributed by atoms with van der Waals surface area (Å²) in [4.78, 5) is 19.9. The molecule has 0 radical (unpaired) electrons. The molecule has 2 aromatic rings. The second-order valence-corrected chi connectivity index (χ2v) is 11.1. The van der Waals surface area contributed by atoms with Crippen molar-refractivity contribution in [2.24, 2.45) is 11.3 Å². The average Bonchev–Trinajstić information content (AvgIpc) is 3.34. The first-order valence-corrected chi connectivity index (χ1v) is 13.3. The Hall–Kier alpha value is -1.77. The molecule has 1 amide bonds. The van der Waals surface area contributed by atoms with E-state index in [2.05, 4.69) is 21.3 Å². The van der Waals surface area contributed by atoms with Gasteiger partial charge in [-0.25, -0.2) is 4.98 Å². The highest BCUT2D eigenvalue weighted by Gasteiger charge is 2.58. The highest BCUT2D eigenvalue weighted by molar-refractivity contribution is 6.32. The molecule has 1 aliphatic carbocycles. The number of hydrogen-bond donors (Lipinski definition) is 1. The molecule has 7 nitrogen and oxygen atoms in total. The lowest BCUT2D eigenvalue weighted by Crippen LogP contribution is -2.47. The van der Waals surface area contributed by atoms with Gasteiger partial charge in [0.05, 0.1) is 25.4 Å². The lowest BCUT2D eigenvalue weighted by Gasteiger charge is -2.37. The number of aromatic nitrogens is 1. The summed E-state index contributed by atoms with van der Waals surface area (Å²) in [5, 5.41) is 5.93. The number of pyridine rings is 1. The molecule has 1 aromatic carbocycles. The Balaban J connectivity index is 1.14. The Morgan fingerprint density at radius 1 is 1.14 bits per heavy atom. The standard InChI is InChI=1S/C27H34ClN3O4/c1-33-24-16-35-15-23(24)31-6-2-17(3-7-31)20-10-18-12-25(29-14-19(18)11-22(20)28)30-26(32)21-13-27(21)4-8-34-9-5-27/h10-12,14,17,21,23-24H,2-9,13,15-16H2,1H3,(H,29,30,32)/t21-,23+,24-/m0/s1. The topological polar surface area (TPSA) is 72.9 Å². The Kier molecular flexibility index (Phi) is 6.48. The van der Waals surface area contributed by atoms with Crippen molar-refractivity contribution in [3.8, 4) is 0 Å². The van der Waals surface area contributed by atoms with Crippen LogP contribution < -0.4 is 5.32 Å². The molecule has 3 aliphatic heterocycles. The molecule has 0 bridgehead atoms. The Morgan fingerprint density at radius 3 is 2.71 bits per heavy atom. The van der Waals surface area contributed by atoms with Crippen LogP contribution in [0.3, 0.4) is 0 Å². The number of methoxy groups -OCH3 is 1. The van der Waals surface area contributed by atoms with Crippen molar-refractivity contribution < 1.29 is 19.0 Å². The van der Waals surface area contributed by atoms with Crippen LogP contribution in [-0.2, 0) is 19.0 Å². The second kappa shape index (κ2) is 9.60. The average molecular weight is 500 g/mol. The van der Waals surface area contributed by atoms with Crippen molar-refractivity contribution in [3.63, 3.8) is 0 Å². The number of likely N-dealkylation sites (tertiary alicyclic amines) is 1. The van der Waals surface area contributed by atoms with Crippen LogP contribution in [0.5, 0.6) is 0 Å². The van der Waals surface area contributed by atoms with Crippen LogP contribution in [0.25, 0.3) is 10.8 Å². The molecule has 4 heterocycles. The fraction of sp³-hybridized carbons (Fsp3) is 0.630. The predicted octanol–water partition coefficient (Wildman–Crippen LogP) is 4.24. The van der Waals surface area contributed by atoms with Gasteiger partial charge in [0.1, 0.15) is 5.82 Å². The molecule has 1 spiro atoms. The van der Waals surface area contributed by atoms with Crippen LogP contribution in [-0.4, -0.2) is 74.6 Å². The molecule has 3 atom stereocenters. The van der Waals surface area contributed by atoms with Crippen molar-refractivity contribution in [2.45, 2.75) is 50.2 Å². The van der Waals surface area contributed by atoms with Crippen LogP contribution in [0.1, 0.15) is 43.6 Å². The van der Waals surface area contributed by atoms with E-state index in [4.69, 9.17) is 25.8 Å². The lowest BCUT2D eigenvalue weighted by atomic mass is 9.87. The highest BCUT2D eigenvalue weighted by Crippen LogP contribution is 2.59. The third-order valence-corrected chi connectivity index (χ3v) is 9.15. The fourth-order valence-electron chi connectivity index (χ4n) is 6.46. The number of ether oxygens (including phenoxy) is 3. The quantitative estimate of drug-likeness (QED) is 0.663. The fourth-order valence-corrected chi connectivity index (χ4v) is 6.78. The van der Waals surface area contributed by atoms with Gasteiger partial charge in [0, 0.05) is 42.8 Å². The van der Waals surface area contributed by atoms with Gasteiger partial charge in [-0.05, 0) is 85.7 Å². The largest absolute Gasteiger partial charge is 0.381 e. The molecule has 4 fully saturated rings. The van der Waals surface area contributed by atoms with E-state index in [0.717, 1.165) is 80.8 Å². The summed E-state index contributed by atoms with van der Waals surface area (Å²) in [6, 6.07) is 6.54. The molecule has 0 unspecified atom stereocenters. The summed E-state index contributed by atoms with van der Waals surface area (Å²) in [5.41, 5.74) is 1.35. The van der Waals surface area contributed by atoms with Gasteiger partial charge >= 0.3 is 0 Å². The van der Waals surface area contributed by atoms with E-state index >= 15 is 0 Å². The number of carbonyl (C=O) groups is 1. The third kappa shape index (κ3) is 4.58. The number of nitrogens with zero attached hydrogens (tertiary/aromatic N) is 2. The van der Waals surface area contributed by atoms with Gasteiger partial charge in [0.15, 0.2) is 0 Å². The van der Waals surface area contributed by atoms with Crippen molar-refractivity contribution in [1.29, 1.82) is 0 Å². The van der Waals surface area contributed by atoms with E-state index in [-0.39, 0.29) is 23.3 Å². The highest BCUT2D eigenvalue weighted by atomic mass is 35.5. The minimum absolute atomic E-state index is 0.0813. The Morgan fingerprint density at radius 2 is 1.94 bits per heavy atom. The number of nitrogens with one attached hydrogen (secondary N) is 1. The molecule has 188 valence electrons. The Bertz CT molecular complexity index is 1100. The number of rotatable bonds is 5. The first-order chi connectivity index (χ1) is 17.1. The van der Waals surface area contributed by atoms with Gasteiger partial charge in [-0.2, -0.15) is 0 Å². The zero-order chi connectivity index (χ0) is 24.0. The number of fused-ring (bicyclic) bond motifs is 1. The molecular weight excluding hydrogens is 466 g/mol. The maximum Gasteiger partial charge on any atom is 0.229 e. The first kappa shape index (κ1) is 23.6. The maximum absolute atomic E-state index is 12.9. The molecule has 1 saturated carbocycles. The molecule has 4 aliphatic rings. The summed E-state index contributed by atoms with van der Waals surface area (Å²) in [6.07, 6.45) is 7.01. The van der Waals surface area contributed by atoms with Gasteiger partial charge in [0.25, 0.3) is 0 Å². The summed E-state index contributed by atoms with van der Waals surface area (Å²) >= 11 is 6.74. The van der Waals surface area contributed by atoms with Crippen LogP contribution in [0.15, 0.2) is 24.4 Å². The minimum atomic E-state index is 0.0813. The van der Waals surface area contributed by atoms with E-state index in [9.17, 15) is 4.79 Å². The van der Waals surface area contributed by atoms with Gasteiger partial charge < -0.3 is 19.5 Å². The molecule has 35 heavy (non-hydrogen) atoms. The smallest absolute Gasteiger partial charge is 0.229 e. The second-order valence-electron chi connectivity index (χ2n) is 10.7. The minimum Gasteiger partial charge on any atom is -0.381 e. The van der Waals surface area contributed by atoms with E-state index < -0.39 is 0 Å². The third-order valence-electron chi connectivity index (χ3n) is 8.82. The number of anilines is 1. The van der Waals surface area contributed by atoms with Crippen LogP contribution in [0.4, 0.5) is 5.82 Å². The van der Waals surface area contributed by atoms with E-state index in [0.29, 0.717) is 24.4 Å². The Labute approximate surface area is 211 Å². The number of piperidine rings is 1. The summed E-state index contributed by atoms with van der Waals surface area (Å²) < 4.78 is 16.8. The predicted molar refractivity (Wildman–Crippen MR) is 135 cm³/mol. The maximum atomic E-state index is 12.9. The summed E-state index contributed by atoms with van der Waals surface area (Å²) in [6.45, 7) is 4.99. The SMILES string of the molecule is CO[C@H]1COC[C@H]1N1CCC(c2cc3cc(NC(=O)[C@@H]4CC45CCOCC5)ncc3cc2Cl)CC1. The first-order valence-electron chi connectivity index (χ1n) is 12.9. The van der Waals surface area contributed by atoms with Crippen molar-refractivity contribution >= 4 is 34.1 Å². The van der Waals surface area contributed by atoms with Gasteiger partial charge in [-0.3, -0.25) is 9.69 Å². The van der Waals surface area contributed by atoms with Crippen LogP contribution in [0.2, 0.25) is 5.02 Å². The number of benzene rings is 1. The van der Waals surface area contributed by atoms with Gasteiger partial charge in [-0.1, -0.05) is 11.6 Å². The molecular formula is C27H34ClN3O4. The monoisotopic (exact) mass is 499 g/mol. The molecule has 3 saturated heterocycles. The normalized spacial score (nSPS) is 29.0. The molecule has 1 aromatic heterocycles.